The molecular weight excluding hydrogens is 274 g/mol. The van der Waals surface area contributed by atoms with Gasteiger partial charge in [-0.05, 0) is 44.7 Å². The third-order valence-corrected chi connectivity index (χ3v) is 5.82. The average Bonchev–Trinajstić information content (AvgIpc) is 2.39. The summed E-state index contributed by atoms with van der Waals surface area (Å²) in [5, 5.41) is 3.03. The molecule has 0 amide bonds. The van der Waals surface area contributed by atoms with Crippen molar-refractivity contribution in [3.05, 3.63) is 18.3 Å². The Balaban J connectivity index is 2.35. The molecule has 0 bridgehead atoms. The maximum absolute atomic E-state index is 12.8. The summed E-state index contributed by atoms with van der Waals surface area (Å²) < 4.78 is 27.3. The molecular formula is C14H23N3O2S. The van der Waals surface area contributed by atoms with Crippen molar-refractivity contribution in [2.45, 2.75) is 44.6 Å². The van der Waals surface area contributed by atoms with E-state index in [9.17, 15) is 8.42 Å². The minimum absolute atomic E-state index is 0.0402. The standard InChI is InChI=1S/C14H23N3O2S/c1-4-15-14-13(6-5-8-16-14)20(18,19)17-9-7-11(2)10-12(17)3/h5-6,8,11-12H,4,7,9-10H2,1-3H3,(H,15,16). The Kier molecular flexibility index (Phi) is 4.65. The molecule has 1 aliphatic heterocycles. The molecule has 2 rings (SSSR count). The first-order valence-electron chi connectivity index (χ1n) is 7.17. The van der Waals surface area contributed by atoms with Crippen molar-refractivity contribution >= 4 is 15.8 Å². The molecule has 1 aromatic rings. The van der Waals surface area contributed by atoms with Crippen molar-refractivity contribution in [3.63, 3.8) is 0 Å². The number of sulfonamides is 1. The normalized spacial score (nSPS) is 24.6. The molecule has 0 spiro atoms. The lowest BCUT2D eigenvalue weighted by atomic mass is 9.95. The molecule has 1 fully saturated rings. The van der Waals surface area contributed by atoms with Crippen LogP contribution < -0.4 is 5.32 Å². The van der Waals surface area contributed by atoms with E-state index in [0.29, 0.717) is 24.8 Å². The van der Waals surface area contributed by atoms with Gasteiger partial charge in [-0.15, -0.1) is 0 Å². The zero-order valence-corrected chi connectivity index (χ0v) is 13.2. The van der Waals surface area contributed by atoms with E-state index in [1.165, 1.54) is 0 Å². The van der Waals surface area contributed by atoms with Crippen molar-refractivity contribution in [1.29, 1.82) is 0 Å². The van der Waals surface area contributed by atoms with E-state index in [2.05, 4.69) is 17.2 Å². The summed E-state index contributed by atoms with van der Waals surface area (Å²) in [5.74, 6) is 1.03. The van der Waals surface area contributed by atoms with Gasteiger partial charge in [0.15, 0.2) is 0 Å². The number of aromatic nitrogens is 1. The highest BCUT2D eigenvalue weighted by Gasteiger charge is 2.34. The Labute approximate surface area is 121 Å². The molecule has 1 N–H and O–H groups in total. The number of nitrogens with one attached hydrogen (secondary N) is 1. The van der Waals surface area contributed by atoms with Crippen LogP contribution in [0.25, 0.3) is 0 Å². The molecule has 112 valence electrons. The van der Waals surface area contributed by atoms with Crippen molar-refractivity contribution in [2.24, 2.45) is 5.92 Å². The van der Waals surface area contributed by atoms with Crippen LogP contribution in [0.2, 0.25) is 0 Å². The lowest BCUT2D eigenvalue weighted by Crippen LogP contribution is -2.44. The summed E-state index contributed by atoms with van der Waals surface area (Å²) in [6, 6.07) is 3.34. The summed E-state index contributed by atoms with van der Waals surface area (Å²) in [4.78, 5) is 4.43. The Morgan fingerprint density at radius 1 is 1.45 bits per heavy atom. The molecule has 2 unspecified atom stereocenters. The minimum Gasteiger partial charge on any atom is -0.369 e. The van der Waals surface area contributed by atoms with Crippen LogP contribution in [0.5, 0.6) is 0 Å². The van der Waals surface area contributed by atoms with E-state index in [1.54, 1.807) is 22.6 Å². The molecule has 2 heterocycles. The van der Waals surface area contributed by atoms with Gasteiger partial charge in [0.2, 0.25) is 10.0 Å². The number of anilines is 1. The van der Waals surface area contributed by atoms with Gasteiger partial charge in [0.1, 0.15) is 10.7 Å². The van der Waals surface area contributed by atoms with Crippen LogP contribution in [0, 0.1) is 5.92 Å². The molecule has 0 aliphatic carbocycles. The Bertz CT molecular complexity index is 559. The van der Waals surface area contributed by atoms with Crippen LogP contribution in [0.15, 0.2) is 23.2 Å². The summed E-state index contributed by atoms with van der Waals surface area (Å²) in [6.07, 6.45) is 3.44. The van der Waals surface area contributed by atoms with Gasteiger partial charge >= 0.3 is 0 Å². The first-order chi connectivity index (χ1) is 9.46. The third kappa shape index (κ3) is 2.96. The molecule has 1 saturated heterocycles. The van der Waals surface area contributed by atoms with Crippen LogP contribution >= 0.6 is 0 Å². The predicted octanol–water partition coefficient (Wildman–Crippen LogP) is 2.32. The zero-order valence-electron chi connectivity index (χ0n) is 12.3. The topological polar surface area (TPSA) is 62.3 Å². The maximum Gasteiger partial charge on any atom is 0.246 e. The van der Waals surface area contributed by atoms with Gasteiger partial charge in [0.05, 0.1) is 0 Å². The molecule has 0 saturated carbocycles. The summed E-state index contributed by atoms with van der Waals surface area (Å²) >= 11 is 0. The lowest BCUT2D eigenvalue weighted by Gasteiger charge is -2.35. The number of hydrogen-bond donors (Lipinski definition) is 1. The maximum atomic E-state index is 12.8. The second kappa shape index (κ2) is 6.10. The van der Waals surface area contributed by atoms with Crippen molar-refractivity contribution in [2.75, 3.05) is 18.4 Å². The lowest BCUT2D eigenvalue weighted by molar-refractivity contribution is 0.220. The van der Waals surface area contributed by atoms with E-state index >= 15 is 0 Å². The SMILES string of the molecule is CCNc1ncccc1S(=O)(=O)N1CCC(C)CC1C. The van der Waals surface area contributed by atoms with Crippen LogP contribution in [0.1, 0.15) is 33.6 Å². The van der Waals surface area contributed by atoms with Gasteiger partial charge in [0, 0.05) is 25.3 Å². The number of nitrogens with zero attached hydrogens (tertiary/aromatic N) is 2. The van der Waals surface area contributed by atoms with Gasteiger partial charge in [-0.25, -0.2) is 13.4 Å². The average molecular weight is 297 g/mol. The second-order valence-electron chi connectivity index (χ2n) is 5.47. The molecule has 5 nitrogen and oxygen atoms in total. The molecule has 1 aromatic heterocycles. The summed E-state index contributed by atoms with van der Waals surface area (Å²) in [6.45, 7) is 7.32. The number of hydrogen-bond acceptors (Lipinski definition) is 4. The van der Waals surface area contributed by atoms with E-state index in [-0.39, 0.29) is 10.9 Å². The zero-order chi connectivity index (χ0) is 14.8. The van der Waals surface area contributed by atoms with E-state index in [0.717, 1.165) is 12.8 Å². The van der Waals surface area contributed by atoms with Crippen molar-refractivity contribution < 1.29 is 8.42 Å². The minimum atomic E-state index is -3.48. The smallest absolute Gasteiger partial charge is 0.246 e. The predicted molar refractivity (Wildman–Crippen MR) is 80.2 cm³/mol. The van der Waals surface area contributed by atoms with E-state index in [4.69, 9.17) is 0 Å². The van der Waals surface area contributed by atoms with Crippen LogP contribution in [0.3, 0.4) is 0 Å². The first-order valence-corrected chi connectivity index (χ1v) is 8.61. The van der Waals surface area contributed by atoms with Crippen molar-refractivity contribution in [3.8, 4) is 0 Å². The van der Waals surface area contributed by atoms with Crippen LogP contribution in [-0.2, 0) is 10.0 Å². The molecule has 20 heavy (non-hydrogen) atoms. The molecule has 0 radical (unpaired) electrons. The summed E-state index contributed by atoms with van der Waals surface area (Å²) in [5.41, 5.74) is 0. The first kappa shape index (κ1) is 15.3. The second-order valence-corrected chi connectivity index (χ2v) is 7.33. The number of rotatable bonds is 4. The van der Waals surface area contributed by atoms with Crippen molar-refractivity contribution in [1.82, 2.24) is 9.29 Å². The van der Waals surface area contributed by atoms with Gasteiger partial charge < -0.3 is 5.32 Å². The Hall–Kier alpha value is -1.14. The fourth-order valence-corrected chi connectivity index (χ4v) is 4.55. The monoisotopic (exact) mass is 297 g/mol. The van der Waals surface area contributed by atoms with Crippen LogP contribution in [0.4, 0.5) is 5.82 Å². The molecule has 6 heteroatoms. The van der Waals surface area contributed by atoms with E-state index < -0.39 is 10.0 Å². The fourth-order valence-electron chi connectivity index (χ4n) is 2.77. The third-order valence-electron chi connectivity index (χ3n) is 3.78. The van der Waals surface area contributed by atoms with Gasteiger partial charge in [0.25, 0.3) is 0 Å². The largest absolute Gasteiger partial charge is 0.369 e. The highest BCUT2D eigenvalue weighted by Crippen LogP contribution is 2.30. The highest BCUT2D eigenvalue weighted by molar-refractivity contribution is 7.89. The number of piperidine rings is 1. The molecule has 0 aromatic carbocycles. The molecule has 2 atom stereocenters. The van der Waals surface area contributed by atoms with Gasteiger partial charge in [-0.3, -0.25) is 0 Å². The molecule has 1 aliphatic rings. The highest BCUT2D eigenvalue weighted by atomic mass is 32.2. The van der Waals surface area contributed by atoms with Crippen LogP contribution in [-0.4, -0.2) is 36.8 Å². The van der Waals surface area contributed by atoms with Gasteiger partial charge in [-0.2, -0.15) is 4.31 Å². The quantitative estimate of drug-likeness (QED) is 0.926. The number of pyridine rings is 1. The Morgan fingerprint density at radius 2 is 2.20 bits per heavy atom. The van der Waals surface area contributed by atoms with Gasteiger partial charge in [-0.1, -0.05) is 6.92 Å². The summed E-state index contributed by atoms with van der Waals surface area (Å²) in [7, 11) is -3.48. The fraction of sp³-hybridized carbons (Fsp3) is 0.643. The van der Waals surface area contributed by atoms with E-state index in [1.807, 2.05) is 13.8 Å². The Morgan fingerprint density at radius 3 is 2.85 bits per heavy atom.